The Bertz CT molecular complexity index is 1320. The molecule has 0 bridgehead atoms. The summed E-state index contributed by atoms with van der Waals surface area (Å²) >= 11 is 0. The lowest BCUT2D eigenvalue weighted by molar-refractivity contribution is -0.116. The van der Waals surface area contributed by atoms with E-state index >= 15 is 0 Å². The molecule has 4 rings (SSSR count). The lowest BCUT2D eigenvalue weighted by atomic mass is 10.0. The molecule has 0 unspecified atom stereocenters. The Morgan fingerprint density at radius 2 is 1.72 bits per heavy atom. The summed E-state index contributed by atoms with van der Waals surface area (Å²) in [7, 11) is 0. The number of carbonyl (C=O) groups excluding carboxylic acids is 2. The highest BCUT2D eigenvalue weighted by Gasteiger charge is 2.33. The number of phenolic OH excluding ortho intramolecular Hbond substituents is 1. The molecule has 0 saturated heterocycles. The molecule has 32 heavy (non-hydrogen) atoms. The van der Waals surface area contributed by atoms with E-state index in [1.54, 1.807) is 23.7 Å². The second-order valence-electron chi connectivity index (χ2n) is 7.21. The van der Waals surface area contributed by atoms with Crippen LogP contribution in [0.25, 0.3) is 16.9 Å². The maximum absolute atomic E-state index is 12.5. The summed E-state index contributed by atoms with van der Waals surface area (Å²) in [6, 6.07) is 15.7. The number of aryl methyl sites for hydroxylation is 1. The molecule has 2 aromatic heterocycles. The fourth-order valence-electron chi connectivity index (χ4n) is 3.71. The molecule has 2 amide bonds. The van der Waals surface area contributed by atoms with Crippen molar-refractivity contribution in [3.63, 3.8) is 0 Å². The van der Waals surface area contributed by atoms with Gasteiger partial charge in [-0.05, 0) is 38.1 Å². The van der Waals surface area contributed by atoms with Gasteiger partial charge in [-0.2, -0.15) is 5.10 Å². The van der Waals surface area contributed by atoms with Gasteiger partial charge < -0.3 is 15.4 Å². The smallest absolute Gasteiger partial charge is 0.256 e. The Hall–Kier alpha value is -4.40. The van der Waals surface area contributed by atoms with E-state index in [2.05, 4.69) is 10.3 Å². The summed E-state index contributed by atoms with van der Waals surface area (Å²) in [5.41, 5.74) is 8.65. The average molecular weight is 431 g/mol. The molecule has 162 valence electrons. The predicted molar refractivity (Wildman–Crippen MR) is 118 cm³/mol. The summed E-state index contributed by atoms with van der Waals surface area (Å²) in [6.07, 6.45) is 0. The van der Waals surface area contributed by atoms with Crippen LogP contribution in [-0.2, 0) is 4.79 Å². The van der Waals surface area contributed by atoms with Crippen molar-refractivity contribution in [1.82, 2.24) is 14.9 Å². The quantitative estimate of drug-likeness (QED) is 0.497. The topological polar surface area (TPSA) is 127 Å². The zero-order valence-electron chi connectivity index (χ0n) is 17.7. The normalized spacial score (nSPS) is 10.8. The van der Waals surface area contributed by atoms with E-state index in [-0.39, 0.29) is 28.6 Å². The van der Waals surface area contributed by atoms with Crippen molar-refractivity contribution in [2.24, 2.45) is 5.73 Å². The number of para-hydroxylation sites is 3. The van der Waals surface area contributed by atoms with Crippen LogP contribution < -0.4 is 10.6 Å². The van der Waals surface area contributed by atoms with Crippen molar-refractivity contribution in [2.75, 3.05) is 4.90 Å². The summed E-state index contributed by atoms with van der Waals surface area (Å²) in [6.45, 7) is 4.91. The van der Waals surface area contributed by atoms with E-state index in [1.165, 1.54) is 19.1 Å². The molecule has 0 aliphatic carbocycles. The zero-order valence-corrected chi connectivity index (χ0v) is 17.7. The summed E-state index contributed by atoms with van der Waals surface area (Å²) in [4.78, 5) is 26.1. The summed E-state index contributed by atoms with van der Waals surface area (Å²) < 4.78 is 7.21. The van der Waals surface area contributed by atoms with E-state index in [0.717, 1.165) is 10.6 Å². The number of amides is 2. The molecule has 4 aromatic rings. The van der Waals surface area contributed by atoms with Crippen LogP contribution in [0, 0.1) is 13.8 Å². The van der Waals surface area contributed by atoms with E-state index in [1.807, 2.05) is 37.3 Å². The number of hydrogen-bond donors (Lipinski definition) is 2. The highest BCUT2D eigenvalue weighted by atomic mass is 16.5. The zero-order chi connectivity index (χ0) is 23.0. The minimum Gasteiger partial charge on any atom is -0.506 e. The van der Waals surface area contributed by atoms with Crippen LogP contribution in [0.3, 0.4) is 0 Å². The molecule has 0 saturated carbocycles. The first-order valence-electron chi connectivity index (χ1n) is 9.81. The third kappa shape index (κ3) is 3.39. The summed E-state index contributed by atoms with van der Waals surface area (Å²) in [5.74, 6) is -1.66. The van der Waals surface area contributed by atoms with Crippen LogP contribution in [0.4, 0.5) is 11.6 Å². The van der Waals surface area contributed by atoms with Gasteiger partial charge in [-0.1, -0.05) is 35.5 Å². The fourth-order valence-corrected chi connectivity index (χ4v) is 3.71. The number of nitrogens with zero attached hydrogens (tertiary/aromatic N) is 4. The van der Waals surface area contributed by atoms with E-state index in [4.69, 9.17) is 10.3 Å². The van der Waals surface area contributed by atoms with Crippen LogP contribution >= 0.6 is 0 Å². The Labute approximate surface area is 183 Å². The Morgan fingerprint density at radius 1 is 1.06 bits per heavy atom. The molecule has 0 atom stereocenters. The average Bonchev–Trinajstić information content (AvgIpc) is 3.30. The maximum Gasteiger partial charge on any atom is 0.256 e. The number of hydrogen-bond acceptors (Lipinski definition) is 6. The number of anilines is 2. The molecule has 0 spiro atoms. The molecule has 9 heteroatoms. The largest absolute Gasteiger partial charge is 0.506 e. The van der Waals surface area contributed by atoms with Crippen LogP contribution in [0.1, 0.15) is 28.7 Å². The molecule has 0 fully saturated rings. The van der Waals surface area contributed by atoms with Crippen molar-refractivity contribution in [1.29, 1.82) is 0 Å². The number of aromatic nitrogens is 3. The molecule has 2 aromatic carbocycles. The molecular formula is C23H21N5O4. The molecule has 0 aliphatic heterocycles. The van der Waals surface area contributed by atoms with Crippen LogP contribution in [-0.4, -0.2) is 31.9 Å². The van der Waals surface area contributed by atoms with Crippen molar-refractivity contribution in [3.05, 3.63) is 71.5 Å². The SMILES string of the molecule is CC(=O)N(c1ccccc1O)c1onc(-c2c(C)nn(-c3ccccc3)c2C)c1C(N)=O. The van der Waals surface area contributed by atoms with E-state index < -0.39 is 11.8 Å². The first-order chi connectivity index (χ1) is 15.3. The molecule has 0 radical (unpaired) electrons. The fraction of sp³-hybridized carbons (Fsp3) is 0.130. The van der Waals surface area contributed by atoms with Crippen LogP contribution in [0.5, 0.6) is 5.75 Å². The predicted octanol–water partition coefficient (Wildman–Crippen LogP) is 3.63. The van der Waals surface area contributed by atoms with Gasteiger partial charge in [0.15, 0.2) is 0 Å². The third-order valence-electron chi connectivity index (χ3n) is 5.09. The van der Waals surface area contributed by atoms with Gasteiger partial charge >= 0.3 is 0 Å². The standard InChI is InChI=1S/C23H21N5O4/c1-13-19(14(2)28(25-13)16-9-5-4-6-10-16)21-20(22(24)31)23(32-26-21)27(15(3)29)17-11-7-8-12-18(17)30/h4-12,30H,1-3H3,(H2,24,31). The second kappa shape index (κ2) is 8.03. The monoisotopic (exact) mass is 431 g/mol. The first kappa shape index (κ1) is 20.9. The molecule has 0 aliphatic rings. The van der Waals surface area contributed by atoms with E-state index in [9.17, 15) is 14.7 Å². The minimum absolute atomic E-state index is 0.0812. The van der Waals surface area contributed by atoms with Gasteiger partial charge in [0, 0.05) is 12.5 Å². The van der Waals surface area contributed by atoms with Gasteiger partial charge in [0.25, 0.3) is 11.8 Å². The lowest BCUT2D eigenvalue weighted by Crippen LogP contribution is -2.25. The first-order valence-corrected chi connectivity index (χ1v) is 9.81. The Balaban J connectivity index is 1.93. The molecule has 9 nitrogen and oxygen atoms in total. The summed E-state index contributed by atoms with van der Waals surface area (Å²) in [5, 5.41) is 18.9. The van der Waals surface area contributed by atoms with Crippen molar-refractivity contribution < 1.29 is 19.2 Å². The molecular weight excluding hydrogens is 410 g/mol. The Kier molecular flexibility index (Phi) is 5.23. The van der Waals surface area contributed by atoms with Crippen molar-refractivity contribution in [2.45, 2.75) is 20.8 Å². The minimum atomic E-state index is -0.829. The number of carbonyl (C=O) groups is 2. The Morgan fingerprint density at radius 3 is 2.34 bits per heavy atom. The number of nitrogens with two attached hydrogens (primary N) is 1. The van der Waals surface area contributed by atoms with E-state index in [0.29, 0.717) is 17.0 Å². The second-order valence-corrected chi connectivity index (χ2v) is 7.21. The third-order valence-corrected chi connectivity index (χ3v) is 5.09. The molecule has 3 N–H and O–H groups in total. The maximum atomic E-state index is 12.5. The van der Waals surface area contributed by atoms with Gasteiger partial charge in [0.1, 0.15) is 17.0 Å². The number of primary amides is 1. The number of rotatable bonds is 5. The van der Waals surface area contributed by atoms with Crippen LogP contribution in [0.15, 0.2) is 59.1 Å². The van der Waals surface area contributed by atoms with Gasteiger partial charge in [0.05, 0.1) is 22.8 Å². The van der Waals surface area contributed by atoms with Crippen molar-refractivity contribution >= 4 is 23.4 Å². The van der Waals surface area contributed by atoms with Gasteiger partial charge in [0.2, 0.25) is 5.91 Å². The molecule has 2 heterocycles. The highest BCUT2D eigenvalue weighted by Crippen LogP contribution is 2.40. The van der Waals surface area contributed by atoms with Crippen LogP contribution in [0.2, 0.25) is 0 Å². The van der Waals surface area contributed by atoms with Gasteiger partial charge in [-0.15, -0.1) is 0 Å². The van der Waals surface area contributed by atoms with Gasteiger partial charge in [-0.25, -0.2) is 9.58 Å². The highest BCUT2D eigenvalue weighted by molar-refractivity contribution is 6.09. The number of aromatic hydroxyl groups is 1. The number of phenols is 1. The number of benzene rings is 2. The lowest BCUT2D eigenvalue weighted by Gasteiger charge is -2.19. The van der Waals surface area contributed by atoms with Crippen molar-refractivity contribution in [3.8, 4) is 22.7 Å². The van der Waals surface area contributed by atoms with Gasteiger partial charge in [-0.3, -0.25) is 9.59 Å².